The maximum absolute atomic E-state index is 12.4. The van der Waals surface area contributed by atoms with Crippen LogP contribution in [0, 0.1) is 0 Å². The van der Waals surface area contributed by atoms with Gasteiger partial charge in [-0.25, -0.2) is 13.1 Å². The van der Waals surface area contributed by atoms with Gasteiger partial charge in [0.1, 0.15) is 4.90 Å². The van der Waals surface area contributed by atoms with Crippen LogP contribution in [0.25, 0.3) is 0 Å². The summed E-state index contributed by atoms with van der Waals surface area (Å²) in [6.45, 7) is 2.36. The largest absolute Gasteiger partial charge is 0.493 e. The standard InChI is InChI=1S/C23H29ClN2O4S/c1-29-20-15-16-11-14-26(19-10-9-17(22(16)19)23(20)30-2)13-6-5-12-25-31(27,28)21-8-4-3-7-18(21)24/h3-4,7-8,15,19,25H,5-6,9-14H2,1-2H3. The SMILES string of the molecule is COc1cc2c3c(c1OC)CCC3N(CCCCNS(=O)(=O)c1ccccc1Cl)CC2. The second-order valence-corrected chi connectivity index (χ2v) is 10.2. The van der Waals surface area contributed by atoms with Gasteiger partial charge in [-0.05, 0) is 68.0 Å². The second-order valence-electron chi connectivity index (χ2n) is 8.04. The van der Waals surface area contributed by atoms with Gasteiger partial charge >= 0.3 is 0 Å². The van der Waals surface area contributed by atoms with Crippen LogP contribution in [0.2, 0.25) is 5.02 Å². The van der Waals surface area contributed by atoms with Crippen LogP contribution in [-0.4, -0.2) is 47.2 Å². The van der Waals surface area contributed by atoms with Crippen molar-refractivity contribution in [2.45, 2.75) is 43.0 Å². The zero-order chi connectivity index (χ0) is 22.0. The summed E-state index contributed by atoms with van der Waals surface area (Å²) in [6, 6.07) is 9.06. The smallest absolute Gasteiger partial charge is 0.242 e. The first kappa shape index (κ1) is 22.4. The summed E-state index contributed by atoms with van der Waals surface area (Å²) in [6.07, 6.45) is 4.79. The predicted molar refractivity (Wildman–Crippen MR) is 122 cm³/mol. The molecule has 2 aliphatic rings. The highest BCUT2D eigenvalue weighted by molar-refractivity contribution is 7.89. The number of nitrogens with zero attached hydrogens (tertiary/aromatic N) is 1. The monoisotopic (exact) mass is 464 g/mol. The van der Waals surface area contributed by atoms with E-state index in [1.54, 1.807) is 32.4 Å². The summed E-state index contributed by atoms with van der Waals surface area (Å²) in [4.78, 5) is 2.67. The molecule has 8 heteroatoms. The number of nitrogens with one attached hydrogen (secondary N) is 1. The van der Waals surface area contributed by atoms with Gasteiger partial charge in [0.15, 0.2) is 11.5 Å². The predicted octanol–water partition coefficient (Wildman–Crippen LogP) is 3.96. The molecule has 168 valence electrons. The Morgan fingerprint density at radius 2 is 1.97 bits per heavy atom. The Bertz CT molecular complexity index is 1060. The van der Waals surface area contributed by atoms with Crippen LogP contribution in [0.1, 0.15) is 42.0 Å². The van der Waals surface area contributed by atoms with E-state index in [1.165, 1.54) is 22.8 Å². The lowest BCUT2D eigenvalue weighted by molar-refractivity contribution is 0.182. The minimum atomic E-state index is -3.58. The average molecular weight is 465 g/mol. The van der Waals surface area contributed by atoms with Gasteiger partial charge in [0.25, 0.3) is 0 Å². The number of sulfonamides is 1. The van der Waals surface area contributed by atoms with Crippen molar-refractivity contribution in [3.8, 4) is 11.5 Å². The van der Waals surface area contributed by atoms with E-state index in [0.29, 0.717) is 12.6 Å². The van der Waals surface area contributed by atoms with Gasteiger partial charge in [0, 0.05) is 24.7 Å². The van der Waals surface area contributed by atoms with Gasteiger partial charge in [0.2, 0.25) is 10.0 Å². The molecule has 0 saturated carbocycles. The quantitative estimate of drug-likeness (QED) is 0.569. The van der Waals surface area contributed by atoms with E-state index in [-0.39, 0.29) is 9.92 Å². The molecule has 0 radical (unpaired) electrons. The first-order chi connectivity index (χ1) is 15.0. The van der Waals surface area contributed by atoms with Crippen molar-refractivity contribution in [1.82, 2.24) is 9.62 Å². The number of benzene rings is 2. The minimum absolute atomic E-state index is 0.132. The molecule has 1 atom stereocenters. The molecule has 1 N–H and O–H groups in total. The van der Waals surface area contributed by atoms with Crippen molar-refractivity contribution < 1.29 is 17.9 Å². The lowest BCUT2D eigenvalue weighted by Gasteiger charge is -2.35. The number of methoxy groups -OCH3 is 2. The molecule has 0 amide bonds. The normalized spacial score (nSPS) is 18.1. The molecule has 0 fully saturated rings. The Morgan fingerprint density at radius 3 is 2.71 bits per heavy atom. The van der Waals surface area contributed by atoms with Crippen molar-refractivity contribution in [3.63, 3.8) is 0 Å². The van der Waals surface area contributed by atoms with Crippen molar-refractivity contribution in [3.05, 3.63) is 52.0 Å². The van der Waals surface area contributed by atoms with Crippen LogP contribution in [0.5, 0.6) is 11.5 Å². The third-order valence-electron chi connectivity index (χ3n) is 6.30. The maximum Gasteiger partial charge on any atom is 0.242 e. The number of unbranched alkanes of at least 4 members (excludes halogenated alkanes) is 1. The third-order valence-corrected chi connectivity index (χ3v) is 8.26. The molecular formula is C23H29ClN2O4S. The highest BCUT2D eigenvalue weighted by Gasteiger charge is 2.36. The highest BCUT2D eigenvalue weighted by Crippen LogP contribution is 2.48. The summed E-state index contributed by atoms with van der Waals surface area (Å²) in [5.74, 6) is 1.70. The fraction of sp³-hybridized carbons (Fsp3) is 0.478. The molecule has 31 heavy (non-hydrogen) atoms. The summed E-state index contributed by atoms with van der Waals surface area (Å²) in [5.41, 5.74) is 4.08. The third kappa shape index (κ3) is 4.42. The lowest BCUT2D eigenvalue weighted by Crippen LogP contribution is -2.35. The fourth-order valence-corrected chi connectivity index (χ4v) is 6.47. The van der Waals surface area contributed by atoms with Gasteiger partial charge < -0.3 is 9.47 Å². The molecule has 1 aliphatic carbocycles. The Morgan fingerprint density at radius 1 is 1.16 bits per heavy atom. The van der Waals surface area contributed by atoms with E-state index in [2.05, 4.69) is 15.7 Å². The molecule has 4 rings (SSSR count). The number of halogens is 1. The molecule has 2 aromatic rings. The van der Waals surface area contributed by atoms with Crippen LogP contribution in [-0.2, 0) is 22.9 Å². The van der Waals surface area contributed by atoms with Gasteiger partial charge in [0.05, 0.1) is 19.2 Å². The molecule has 2 aromatic carbocycles. The lowest BCUT2D eigenvalue weighted by atomic mass is 9.92. The molecule has 0 aromatic heterocycles. The number of hydrogen-bond acceptors (Lipinski definition) is 5. The van der Waals surface area contributed by atoms with Crippen molar-refractivity contribution in [2.75, 3.05) is 33.9 Å². The van der Waals surface area contributed by atoms with E-state index >= 15 is 0 Å². The van der Waals surface area contributed by atoms with E-state index in [0.717, 1.165) is 56.7 Å². The molecule has 1 aliphatic heterocycles. The van der Waals surface area contributed by atoms with Crippen molar-refractivity contribution >= 4 is 21.6 Å². The fourth-order valence-electron chi connectivity index (χ4n) is 4.88. The van der Waals surface area contributed by atoms with Crippen LogP contribution in [0.15, 0.2) is 35.2 Å². The number of hydrogen-bond donors (Lipinski definition) is 1. The van der Waals surface area contributed by atoms with E-state index in [4.69, 9.17) is 21.1 Å². The molecule has 1 unspecified atom stereocenters. The number of rotatable bonds is 9. The zero-order valence-corrected chi connectivity index (χ0v) is 19.6. The molecule has 6 nitrogen and oxygen atoms in total. The first-order valence-corrected chi connectivity index (χ1v) is 12.6. The maximum atomic E-state index is 12.4. The second kappa shape index (κ2) is 9.36. The Labute approximate surface area is 189 Å². The number of ether oxygens (including phenoxy) is 2. The summed E-state index contributed by atoms with van der Waals surface area (Å²) in [5, 5.41) is 0.242. The summed E-state index contributed by atoms with van der Waals surface area (Å²) >= 11 is 6.03. The van der Waals surface area contributed by atoms with E-state index in [9.17, 15) is 8.42 Å². The molecular weight excluding hydrogens is 436 g/mol. The highest BCUT2D eigenvalue weighted by atomic mass is 35.5. The molecule has 0 spiro atoms. The topological polar surface area (TPSA) is 67.9 Å². The van der Waals surface area contributed by atoms with Gasteiger partial charge in [-0.15, -0.1) is 0 Å². The van der Waals surface area contributed by atoms with Gasteiger partial charge in [-0.1, -0.05) is 23.7 Å². The van der Waals surface area contributed by atoms with E-state index in [1.807, 2.05) is 0 Å². The summed E-state index contributed by atoms with van der Waals surface area (Å²) in [7, 11) is -0.179. The van der Waals surface area contributed by atoms with Crippen LogP contribution < -0.4 is 14.2 Å². The van der Waals surface area contributed by atoms with Crippen LogP contribution in [0.4, 0.5) is 0 Å². The van der Waals surface area contributed by atoms with Crippen LogP contribution in [0.3, 0.4) is 0 Å². The van der Waals surface area contributed by atoms with Crippen molar-refractivity contribution in [1.29, 1.82) is 0 Å². The Kier molecular flexibility index (Phi) is 6.77. The zero-order valence-electron chi connectivity index (χ0n) is 18.0. The van der Waals surface area contributed by atoms with Gasteiger partial charge in [-0.2, -0.15) is 0 Å². The molecule has 0 bridgehead atoms. The summed E-state index contributed by atoms with van der Waals surface area (Å²) < 4.78 is 38.8. The van der Waals surface area contributed by atoms with E-state index < -0.39 is 10.0 Å². The van der Waals surface area contributed by atoms with Crippen molar-refractivity contribution in [2.24, 2.45) is 0 Å². The Hall–Kier alpha value is -1.80. The molecule has 1 heterocycles. The Balaban J connectivity index is 1.34. The molecule has 0 saturated heterocycles. The average Bonchev–Trinajstić information content (AvgIpc) is 3.21. The first-order valence-electron chi connectivity index (χ1n) is 10.7. The van der Waals surface area contributed by atoms with Gasteiger partial charge in [-0.3, -0.25) is 4.90 Å². The minimum Gasteiger partial charge on any atom is -0.493 e. The van der Waals surface area contributed by atoms with Crippen LogP contribution >= 0.6 is 11.6 Å².